The Labute approximate surface area is 119 Å². The number of benzene rings is 1. The van der Waals surface area contributed by atoms with Crippen molar-refractivity contribution in [3.05, 3.63) is 57.8 Å². The van der Waals surface area contributed by atoms with Gasteiger partial charge in [0.1, 0.15) is 0 Å². The maximum Gasteiger partial charge on any atom is 0.335 e. The lowest BCUT2D eigenvalue weighted by molar-refractivity contribution is 0.0697. The molecule has 0 unspecified atom stereocenters. The first-order valence-electron chi connectivity index (χ1n) is 5.74. The molecule has 0 radical (unpaired) electrons. The van der Waals surface area contributed by atoms with Crippen LogP contribution in [0.25, 0.3) is 0 Å². The summed E-state index contributed by atoms with van der Waals surface area (Å²) in [5, 5.41) is 12.1. The summed E-state index contributed by atoms with van der Waals surface area (Å²) in [7, 11) is 0. The van der Waals surface area contributed by atoms with E-state index < -0.39 is 5.97 Å². The van der Waals surface area contributed by atoms with E-state index in [2.05, 4.69) is 26.2 Å². The molecular formula is C14H13BrN2O2. The van der Waals surface area contributed by atoms with Crippen LogP contribution in [0.3, 0.4) is 0 Å². The van der Waals surface area contributed by atoms with E-state index in [1.807, 2.05) is 19.1 Å². The van der Waals surface area contributed by atoms with Gasteiger partial charge in [0.15, 0.2) is 0 Å². The van der Waals surface area contributed by atoms with Crippen molar-refractivity contribution in [2.45, 2.75) is 13.5 Å². The summed E-state index contributed by atoms with van der Waals surface area (Å²) in [6.45, 7) is 2.48. The predicted octanol–water partition coefficient (Wildman–Crippen LogP) is 3.46. The minimum atomic E-state index is -0.913. The number of aromatic nitrogens is 1. The van der Waals surface area contributed by atoms with E-state index in [0.29, 0.717) is 12.1 Å². The minimum absolute atomic E-state index is 0.296. The van der Waals surface area contributed by atoms with Gasteiger partial charge in [-0.25, -0.2) is 4.79 Å². The molecule has 4 nitrogen and oxygen atoms in total. The van der Waals surface area contributed by atoms with Gasteiger partial charge in [-0.1, -0.05) is 0 Å². The summed E-state index contributed by atoms with van der Waals surface area (Å²) in [6.07, 6.45) is 1.75. The second-order valence-corrected chi connectivity index (χ2v) is 5.07. The van der Waals surface area contributed by atoms with Gasteiger partial charge in [-0.2, -0.15) is 0 Å². The van der Waals surface area contributed by atoms with Crippen LogP contribution in [-0.2, 0) is 6.54 Å². The van der Waals surface area contributed by atoms with Crippen molar-refractivity contribution in [2.24, 2.45) is 0 Å². The normalized spacial score (nSPS) is 10.2. The Morgan fingerprint density at radius 2 is 2.16 bits per heavy atom. The molecule has 1 aromatic heterocycles. The lowest BCUT2D eigenvalue weighted by atomic mass is 10.1. The van der Waals surface area contributed by atoms with Crippen molar-refractivity contribution in [1.82, 2.24) is 4.98 Å². The van der Waals surface area contributed by atoms with Crippen molar-refractivity contribution in [3.8, 4) is 0 Å². The summed E-state index contributed by atoms with van der Waals surface area (Å²) >= 11 is 3.34. The highest BCUT2D eigenvalue weighted by molar-refractivity contribution is 9.10. The van der Waals surface area contributed by atoms with E-state index in [4.69, 9.17) is 5.11 Å². The molecule has 0 fully saturated rings. The Morgan fingerprint density at radius 1 is 1.37 bits per heavy atom. The zero-order valence-corrected chi connectivity index (χ0v) is 11.9. The van der Waals surface area contributed by atoms with Gasteiger partial charge in [-0.15, -0.1) is 0 Å². The first-order valence-corrected chi connectivity index (χ1v) is 6.54. The van der Waals surface area contributed by atoms with Gasteiger partial charge in [0.25, 0.3) is 0 Å². The van der Waals surface area contributed by atoms with E-state index in [0.717, 1.165) is 21.4 Å². The Kier molecular flexibility index (Phi) is 4.16. The number of hydrogen-bond donors (Lipinski definition) is 2. The third kappa shape index (κ3) is 3.54. The average Bonchev–Trinajstić information content (AvgIpc) is 2.39. The third-order valence-corrected chi connectivity index (χ3v) is 3.19. The van der Waals surface area contributed by atoms with Gasteiger partial charge in [0, 0.05) is 16.4 Å². The number of carboxylic acids is 1. The molecule has 0 atom stereocenters. The van der Waals surface area contributed by atoms with Gasteiger partial charge in [-0.05, 0) is 58.7 Å². The van der Waals surface area contributed by atoms with Crippen LogP contribution in [0.1, 0.15) is 21.6 Å². The van der Waals surface area contributed by atoms with E-state index in [1.165, 1.54) is 0 Å². The number of aryl methyl sites for hydroxylation is 1. The second kappa shape index (κ2) is 5.84. The van der Waals surface area contributed by atoms with Crippen LogP contribution in [0.15, 0.2) is 41.0 Å². The molecule has 0 aliphatic heterocycles. The molecule has 1 heterocycles. The minimum Gasteiger partial charge on any atom is -0.478 e. The fraction of sp³-hybridized carbons (Fsp3) is 0.143. The average molecular weight is 321 g/mol. The topological polar surface area (TPSA) is 62.2 Å². The summed E-state index contributed by atoms with van der Waals surface area (Å²) in [4.78, 5) is 15.1. The molecule has 2 aromatic rings. The molecule has 0 spiro atoms. The zero-order valence-electron chi connectivity index (χ0n) is 10.4. The monoisotopic (exact) mass is 320 g/mol. The summed E-state index contributed by atoms with van der Waals surface area (Å²) in [5.41, 5.74) is 3.03. The molecule has 0 bridgehead atoms. The summed E-state index contributed by atoms with van der Waals surface area (Å²) < 4.78 is 0.943. The number of anilines is 1. The summed E-state index contributed by atoms with van der Waals surface area (Å²) in [6, 6.07) is 8.88. The molecule has 0 saturated carbocycles. The van der Waals surface area contributed by atoms with E-state index in [-0.39, 0.29) is 0 Å². The van der Waals surface area contributed by atoms with Crippen LogP contribution in [0, 0.1) is 6.92 Å². The van der Waals surface area contributed by atoms with E-state index in [1.54, 1.807) is 24.4 Å². The number of nitrogens with one attached hydrogen (secondary N) is 1. The smallest absolute Gasteiger partial charge is 0.335 e. The molecule has 0 aliphatic carbocycles. The quantitative estimate of drug-likeness (QED) is 0.905. The highest BCUT2D eigenvalue weighted by Crippen LogP contribution is 2.17. The molecule has 19 heavy (non-hydrogen) atoms. The maximum atomic E-state index is 10.8. The molecular weight excluding hydrogens is 308 g/mol. The fourth-order valence-electron chi connectivity index (χ4n) is 1.69. The zero-order chi connectivity index (χ0) is 13.8. The Bertz CT molecular complexity index is 597. The number of pyridine rings is 1. The first-order chi connectivity index (χ1) is 9.06. The maximum absolute atomic E-state index is 10.8. The van der Waals surface area contributed by atoms with Crippen molar-refractivity contribution in [3.63, 3.8) is 0 Å². The van der Waals surface area contributed by atoms with Crippen LogP contribution in [0.5, 0.6) is 0 Å². The van der Waals surface area contributed by atoms with Gasteiger partial charge in [-0.3, -0.25) is 4.98 Å². The molecule has 1 aromatic carbocycles. The fourth-order valence-corrected chi connectivity index (χ4v) is 1.93. The highest BCUT2D eigenvalue weighted by atomic mass is 79.9. The summed E-state index contributed by atoms with van der Waals surface area (Å²) in [5.74, 6) is -0.913. The first kappa shape index (κ1) is 13.5. The number of carboxylic acid groups (broad SMARTS) is 1. The Morgan fingerprint density at radius 3 is 2.74 bits per heavy atom. The van der Waals surface area contributed by atoms with E-state index >= 15 is 0 Å². The van der Waals surface area contributed by atoms with Gasteiger partial charge < -0.3 is 10.4 Å². The molecule has 5 heteroatoms. The lowest BCUT2D eigenvalue weighted by Gasteiger charge is -2.10. The van der Waals surface area contributed by atoms with E-state index in [9.17, 15) is 4.79 Å². The van der Waals surface area contributed by atoms with Crippen LogP contribution in [0.2, 0.25) is 0 Å². The number of carbonyl (C=O) groups is 1. The standard InChI is InChI=1S/C14H13BrN2O2/c1-9-6-10(14(18)19)2-5-13(9)17-8-12-4-3-11(15)7-16-12/h2-7,17H,8H2,1H3,(H,18,19). The second-order valence-electron chi connectivity index (χ2n) is 4.16. The van der Waals surface area contributed by atoms with Crippen molar-refractivity contribution in [1.29, 1.82) is 0 Å². The molecule has 0 amide bonds. The number of halogens is 1. The molecule has 0 saturated heterocycles. The molecule has 0 aliphatic rings. The largest absolute Gasteiger partial charge is 0.478 e. The number of rotatable bonds is 4. The lowest BCUT2D eigenvalue weighted by Crippen LogP contribution is -2.04. The number of hydrogen-bond acceptors (Lipinski definition) is 3. The van der Waals surface area contributed by atoms with Crippen molar-refractivity contribution in [2.75, 3.05) is 5.32 Å². The third-order valence-electron chi connectivity index (χ3n) is 2.72. The Balaban J connectivity index is 2.07. The predicted molar refractivity (Wildman–Crippen MR) is 77.4 cm³/mol. The van der Waals surface area contributed by atoms with Crippen molar-refractivity contribution < 1.29 is 9.90 Å². The van der Waals surface area contributed by atoms with Crippen LogP contribution >= 0.6 is 15.9 Å². The van der Waals surface area contributed by atoms with Crippen LogP contribution in [0.4, 0.5) is 5.69 Å². The number of nitrogens with zero attached hydrogens (tertiary/aromatic N) is 1. The van der Waals surface area contributed by atoms with Gasteiger partial charge >= 0.3 is 5.97 Å². The molecule has 2 rings (SSSR count). The highest BCUT2D eigenvalue weighted by Gasteiger charge is 2.05. The van der Waals surface area contributed by atoms with Crippen LogP contribution in [-0.4, -0.2) is 16.1 Å². The van der Waals surface area contributed by atoms with Crippen molar-refractivity contribution >= 4 is 27.6 Å². The SMILES string of the molecule is Cc1cc(C(=O)O)ccc1NCc1ccc(Br)cn1. The van der Waals surface area contributed by atoms with Crippen LogP contribution < -0.4 is 5.32 Å². The van der Waals surface area contributed by atoms with Gasteiger partial charge in [0.05, 0.1) is 17.8 Å². The molecule has 2 N–H and O–H groups in total. The Hall–Kier alpha value is -1.88. The van der Waals surface area contributed by atoms with Gasteiger partial charge in [0.2, 0.25) is 0 Å². The molecule has 98 valence electrons. The number of aromatic carboxylic acids is 1.